The van der Waals surface area contributed by atoms with E-state index in [-0.39, 0.29) is 10.8 Å². The fourth-order valence-electron chi connectivity index (χ4n) is 4.50. The zero-order valence-corrected chi connectivity index (χ0v) is 18.2. The van der Waals surface area contributed by atoms with Gasteiger partial charge in [0.2, 0.25) is 0 Å². The van der Waals surface area contributed by atoms with Crippen molar-refractivity contribution in [3.63, 3.8) is 0 Å². The van der Waals surface area contributed by atoms with E-state index in [9.17, 15) is 0 Å². The van der Waals surface area contributed by atoms with E-state index in [0.29, 0.717) is 0 Å². The van der Waals surface area contributed by atoms with E-state index >= 15 is 0 Å². The highest BCUT2D eigenvalue weighted by atomic mass is 16.3. The molecular weight excluding hydrogens is 352 g/mol. The number of hydrogen-bond donors (Lipinski definition) is 0. The van der Waals surface area contributed by atoms with E-state index in [1.165, 1.54) is 43.4 Å². The third kappa shape index (κ3) is 2.68. The van der Waals surface area contributed by atoms with Crippen molar-refractivity contribution in [1.82, 2.24) is 0 Å². The highest BCUT2D eigenvalue weighted by Crippen LogP contribution is 2.45. The van der Waals surface area contributed by atoms with Crippen LogP contribution < -0.4 is 0 Å². The minimum atomic E-state index is -0.000999. The Morgan fingerprint density at radius 2 is 1.10 bits per heavy atom. The molecule has 0 spiro atoms. The van der Waals surface area contributed by atoms with Gasteiger partial charge in [0.05, 0.1) is 0 Å². The summed E-state index contributed by atoms with van der Waals surface area (Å²) in [6, 6.07) is 22.1. The lowest BCUT2D eigenvalue weighted by molar-refractivity contribution is 0.559. The topological polar surface area (TPSA) is 13.1 Å². The summed E-state index contributed by atoms with van der Waals surface area (Å²) in [6.45, 7) is 13.7. The van der Waals surface area contributed by atoms with Gasteiger partial charge in [-0.3, -0.25) is 0 Å². The van der Waals surface area contributed by atoms with Gasteiger partial charge in [-0.05, 0) is 38.6 Å². The minimum absolute atomic E-state index is 0.000999. The summed E-state index contributed by atoms with van der Waals surface area (Å²) in [5.74, 6) is 0. The number of furan rings is 1. The average molecular weight is 381 g/mol. The molecule has 0 fully saturated rings. The molecule has 146 valence electrons. The Morgan fingerprint density at radius 1 is 0.552 bits per heavy atom. The van der Waals surface area contributed by atoms with Gasteiger partial charge in [0.1, 0.15) is 11.2 Å². The summed E-state index contributed by atoms with van der Waals surface area (Å²) in [5.41, 5.74) is 4.75. The Balaban J connectivity index is 2.11. The summed E-state index contributed by atoms with van der Waals surface area (Å²) in [6.07, 6.45) is 0. The molecule has 1 heterocycles. The molecule has 0 aliphatic heterocycles. The quantitative estimate of drug-likeness (QED) is 0.245. The van der Waals surface area contributed by atoms with Crippen molar-refractivity contribution in [3.05, 3.63) is 71.8 Å². The predicted octanol–water partition coefficient (Wildman–Crippen LogP) is 8.49. The van der Waals surface area contributed by atoms with Crippen molar-refractivity contribution < 1.29 is 4.42 Å². The Bertz CT molecular complexity index is 1400. The first kappa shape index (κ1) is 18.2. The second-order valence-electron chi connectivity index (χ2n) is 10.3. The van der Waals surface area contributed by atoms with Crippen LogP contribution in [0.4, 0.5) is 0 Å². The second kappa shape index (κ2) is 5.86. The molecular formula is C28H28O. The summed E-state index contributed by atoms with van der Waals surface area (Å²) in [5, 5.41) is 7.48. The molecule has 5 rings (SSSR count). The smallest absolute Gasteiger partial charge is 0.143 e. The van der Waals surface area contributed by atoms with Crippen LogP contribution in [-0.2, 0) is 10.8 Å². The molecule has 0 atom stereocenters. The highest BCUT2D eigenvalue weighted by molar-refractivity contribution is 6.30. The van der Waals surface area contributed by atoms with Crippen LogP contribution in [0.3, 0.4) is 0 Å². The third-order valence-electron chi connectivity index (χ3n) is 6.12. The largest absolute Gasteiger partial charge is 0.455 e. The van der Waals surface area contributed by atoms with Gasteiger partial charge in [-0.25, -0.2) is 0 Å². The van der Waals surface area contributed by atoms with Gasteiger partial charge in [0.15, 0.2) is 0 Å². The maximum absolute atomic E-state index is 6.70. The van der Waals surface area contributed by atoms with Gasteiger partial charge in [0.25, 0.3) is 0 Å². The zero-order chi connectivity index (χ0) is 20.6. The van der Waals surface area contributed by atoms with Gasteiger partial charge >= 0.3 is 0 Å². The fraction of sp³-hybridized carbons (Fsp3) is 0.286. The van der Waals surface area contributed by atoms with E-state index < -0.39 is 0 Å². The van der Waals surface area contributed by atoms with Crippen LogP contribution in [-0.4, -0.2) is 0 Å². The van der Waals surface area contributed by atoms with Crippen LogP contribution in [0, 0.1) is 0 Å². The Kier molecular flexibility index (Phi) is 3.68. The molecule has 0 radical (unpaired) electrons. The Morgan fingerprint density at radius 3 is 1.69 bits per heavy atom. The monoisotopic (exact) mass is 380 g/mol. The van der Waals surface area contributed by atoms with Crippen LogP contribution in [0.2, 0.25) is 0 Å². The van der Waals surface area contributed by atoms with E-state index in [0.717, 1.165) is 11.2 Å². The Hall–Kier alpha value is -2.80. The molecule has 4 aromatic carbocycles. The maximum Gasteiger partial charge on any atom is 0.143 e. The first-order chi connectivity index (χ1) is 13.7. The lowest BCUT2D eigenvalue weighted by Gasteiger charge is -2.25. The summed E-state index contributed by atoms with van der Waals surface area (Å²) in [4.78, 5) is 0. The number of rotatable bonds is 0. The van der Waals surface area contributed by atoms with Crippen molar-refractivity contribution in [3.8, 4) is 0 Å². The van der Waals surface area contributed by atoms with Gasteiger partial charge < -0.3 is 4.42 Å². The summed E-state index contributed by atoms with van der Waals surface area (Å²) < 4.78 is 6.70. The van der Waals surface area contributed by atoms with Crippen LogP contribution >= 0.6 is 0 Å². The molecule has 5 aromatic rings. The number of hydrogen-bond acceptors (Lipinski definition) is 1. The molecule has 0 saturated heterocycles. The molecule has 0 saturated carbocycles. The molecule has 1 aromatic heterocycles. The summed E-state index contributed by atoms with van der Waals surface area (Å²) in [7, 11) is 0. The van der Waals surface area contributed by atoms with Crippen molar-refractivity contribution in [2.45, 2.75) is 52.4 Å². The van der Waals surface area contributed by atoms with Crippen LogP contribution in [0.25, 0.3) is 43.5 Å². The first-order valence-electron chi connectivity index (χ1n) is 10.5. The van der Waals surface area contributed by atoms with Gasteiger partial charge in [-0.2, -0.15) is 0 Å². The van der Waals surface area contributed by atoms with E-state index in [1.54, 1.807) is 0 Å². The van der Waals surface area contributed by atoms with Gasteiger partial charge in [-0.1, -0.05) is 96.1 Å². The predicted molar refractivity (Wildman–Crippen MR) is 126 cm³/mol. The summed E-state index contributed by atoms with van der Waals surface area (Å²) >= 11 is 0. The Labute approximate surface area is 172 Å². The molecule has 0 aliphatic rings. The first-order valence-corrected chi connectivity index (χ1v) is 10.5. The van der Waals surface area contributed by atoms with Crippen molar-refractivity contribution in [2.75, 3.05) is 0 Å². The number of fused-ring (bicyclic) bond motifs is 8. The number of benzene rings is 4. The van der Waals surface area contributed by atoms with Crippen LogP contribution in [0.5, 0.6) is 0 Å². The zero-order valence-electron chi connectivity index (χ0n) is 18.2. The van der Waals surface area contributed by atoms with Crippen molar-refractivity contribution in [1.29, 1.82) is 0 Å². The highest BCUT2D eigenvalue weighted by Gasteiger charge is 2.26. The average Bonchev–Trinajstić information content (AvgIpc) is 3.06. The molecule has 0 aliphatic carbocycles. The van der Waals surface area contributed by atoms with E-state index in [2.05, 4.69) is 102 Å². The van der Waals surface area contributed by atoms with Crippen LogP contribution in [0.15, 0.2) is 65.1 Å². The molecule has 1 heteroatoms. The lowest BCUT2D eigenvalue weighted by atomic mass is 9.79. The van der Waals surface area contributed by atoms with Gasteiger partial charge in [0, 0.05) is 21.7 Å². The molecule has 0 bridgehead atoms. The minimum Gasteiger partial charge on any atom is -0.455 e. The normalized spacial score (nSPS) is 13.2. The second-order valence-corrected chi connectivity index (χ2v) is 10.3. The molecule has 0 amide bonds. The van der Waals surface area contributed by atoms with Gasteiger partial charge in [-0.15, -0.1) is 0 Å². The molecule has 0 unspecified atom stereocenters. The molecule has 0 N–H and O–H groups in total. The van der Waals surface area contributed by atoms with Crippen LogP contribution in [0.1, 0.15) is 52.7 Å². The maximum atomic E-state index is 6.70. The fourth-order valence-corrected chi connectivity index (χ4v) is 4.50. The van der Waals surface area contributed by atoms with Crippen molar-refractivity contribution >= 4 is 43.5 Å². The standard InChI is InChI=1S/C28H28O/c1-27(2,3)17-15-22-24-20-13-9-7-11-18(20)19-12-8-10-14-21(19)26(24)29-25(22)23(16-17)28(4,5)6/h7-16H,1-6H3. The van der Waals surface area contributed by atoms with E-state index in [4.69, 9.17) is 4.42 Å². The van der Waals surface area contributed by atoms with E-state index in [1.807, 2.05) is 0 Å². The third-order valence-corrected chi connectivity index (χ3v) is 6.12. The SMILES string of the molecule is CC(C)(C)c1cc(C(C)(C)C)c2oc3c4ccccc4c4ccccc4c3c2c1. The molecule has 1 nitrogen and oxygen atoms in total. The van der Waals surface area contributed by atoms with Crippen molar-refractivity contribution in [2.24, 2.45) is 0 Å². The lowest BCUT2D eigenvalue weighted by Crippen LogP contribution is -2.16. The molecule has 29 heavy (non-hydrogen) atoms.